The van der Waals surface area contributed by atoms with Gasteiger partial charge in [-0.25, -0.2) is 4.98 Å². The smallest absolute Gasteiger partial charge is 0.307 e. The Balaban J connectivity index is 1.79. The second-order valence-electron chi connectivity index (χ2n) is 7.34. The zero-order chi connectivity index (χ0) is 18.2. The summed E-state index contributed by atoms with van der Waals surface area (Å²) in [6.45, 7) is 5.60. The highest BCUT2D eigenvalue weighted by atomic mass is 32.1. The fourth-order valence-corrected chi connectivity index (χ4v) is 4.36. The highest BCUT2D eigenvalue weighted by molar-refractivity contribution is 7.14. The van der Waals surface area contributed by atoms with Gasteiger partial charge in [-0.2, -0.15) is 0 Å². The number of carboxylic acids is 1. The van der Waals surface area contributed by atoms with E-state index in [0.29, 0.717) is 18.0 Å². The van der Waals surface area contributed by atoms with Crippen LogP contribution in [-0.4, -0.2) is 22.0 Å². The van der Waals surface area contributed by atoms with Crippen LogP contribution in [0.15, 0.2) is 35.7 Å². The molecule has 0 bridgehead atoms. The number of nitrogens with zero attached hydrogens (tertiary/aromatic N) is 1. The van der Waals surface area contributed by atoms with E-state index in [9.17, 15) is 14.7 Å². The summed E-state index contributed by atoms with van der Waals surface area (Å²) in [5.41, 5.74) is 0.453. The van der Waals surface area contributed by atoms with Gasteiger partial charge in [0, 0.05) is 10.9 Å². The number of carbonyl (C=O) groups excluding carboxylic acids is 1. The lowest BCUT2D eigenvalue weighted by molar-refractivity contribution is -0.147. The molecular weight excluding hydrogens is 336 g/mol. The Morgan fingerprint density at radius 1 is 1.24 bits per heavy atom. The van der Waals surface area contributed by atoms with Crippen molar-refractivity contribution in [2.45, 2.75) is 33.6 Å². The van der Waals surface area contributed by atoms with Gasteiger partial charge in [-0.3, -0.25) is 9.59 Å². The molecule has 132 valence electrons. The zero-order valence-electron chi connectivity index (χ0n) is 14.6. The van der Waals surface area contributed by atoms with Crippen LogP contribution in [0, 0.1) is 16.7 Å². The normalized spacial score (nSPS) is 24.8. The maximum atomic E-state index is 12.9. The standard InChI is InChI=1S/C19H22N2O3S/c1-18(2)13(15(22)23)9-10-19(18,3)16(24)21-17-20-14(11-25-17)12-7-5-4-6-8-12/h4-8,11,13H,9-10H2,1-3H3,(H,22,23)(H,20,21,24)/t13-,19-/m0/s1. The first kappa shape index (κ1) is 17.6. The van der Waals surface area contributed by atoms with Gasteiger partial charge in [0.25, 0.3) is 0 Å². The van der Waals surface area contributed by atoms with Crippen molar-refractivity contribution in [2.75, 3.05) is 5.32 Å². The predicted octanol–water partition coefficient (Wildman–Crippen LogP) is 4.28. The van der Waals surface area contributed by atoms with E-state index in [2.05, 4.69) is 10.3 Å². The minimum Gasteiger partial charge on any atom is -0.481 e. The number of thiazole rings is 1. The number of aromatic nitrogens is 1. The first-order valence-corrected chi connectivity index (χ1v) is 9.19. The number of carbonyl (C=O) groups is 2. The predicted molar refractivity (Wildman–Crippen MR) is 98.4 cm³/mol. The third-order valence-corrected chi connectivity index (χ3v) is 6.58. The summed E-state index contributed by atoms with van der Waals surface area (Å²) >= 11 is 1.38. The van der Waals surface area contributed by atoms with Crippen LogP contribution in [0.1, 0.15) is 33.6 Å². The number of anilines is 1. The number of hydrogen-bond donors (Lipinski definition) is 2. The van der Waals surface area contributed by atoms with Crippen LogP contribution >= 0.6 is 11.3 Å². The van der Waals surface area contributed by atoms with Gasteiger partial charge in [-0.15, -0.1) is 11.3 Å². The van der Waals surface area contributed by atoms with Crippen LogP contribution in [0.3, 0.4) is 0 Å². The summed E-state index contributed by atoms with van der Waals surface area (Å²) < 4.78 is 0. The molecular formula is C19H22N2O3S. The van der Waals surface area contributed by atoms with Crippen LogP contribution in [0.4, 0.5) is 5.13 Å². The van der Waals surface area contributed by atoms with Crippen LogP contribution in [-0.2, 0) is 9.59 Å². The summed E-state index contributed by atoms with van der Waals surface area (Å²) in [5, 5.41) is 14.8. The van der Waals surface area contributed by atoms with E-state index in [0.717, 1.165) is 11.3 Å². The molecule has 1 aromatic heterocycles. The molecule has 2 N–H and O–H groups in total. The van der Waals surface area contributed by atoms with Gasteiger partial charge < -0.3 is 10.4 Å². The molecule has 1 aromatic carbocycles. The average molecular weight is 358 g/mol. The molecule has 2 atom stereocenters. The monoisotopic (exact) mass is 358 g/mol. The van der Waals surface area contributed by atoms with E-state index in [4.69, 9.17) is 0 Å². The Morgan fingerprint density at radius 3 is 2.52 bits per heavy atom. The molecule has 0 saturated heterocycles. The Morgan fingerprint density at radius 2 is 1.92 bits per heavy atom. The van der Waals surface area contributed by atoms with Crippen molar-refractivity contribution in [1.29, 1.82) is 0 Å². The minimum atomic E-state index is -0.831. The van der Waals surface area contributed by atoms with Crippen LogP contribution in [0.25, 0.3) is 11.3 Å². The molecule has 6 heteroatoms. The first-order valence-electron chi connectivity index (χ1n) is 8.31. The molecule has 1 amide bonds. The van der Waals surface area contributed by atoms with E-state index in [-0.39, 0.29) is 5.91 Å². The van der Waals surface area contributed by atoms with Gasteiger partial charge in [-0.1, -0.05) is 51.1 Å². The highest BCUT2D eigenvalue weighted by Crippen LogP contribution is 2.56. The summed E-state index contributed by atoms with van der Waals surface area (Å²) in [6, 6.07) is 9.78. The second-order valence-corrected chi connectivity index (χ2v) is 8.20. The molecule has 1 saturated carbocycles. The molecule has 0 spiro atoms. The van der Waals surface area contributed by atoms with Gasteiger partial charge >= 0.3 is 5.97 Å². The lowest BCUT2D eigenvalue weighted by Gasteiger charge is -2.38. The molecule has 1 aliphatic rings. The topological polar surface area (TPSA) is 79.3 Å². The summed E-state index contributed by atoms with van der Waals surface area (Å²) in [5.74, 6) is -1.50. The molecule has 1 aliphatic carbocycles. The van der Waals surface area contributed by atoms with Crippen molar-refractivity contribution >= 4 is 28.3 Å². The van der Waals surface area contributed by atoms with E-state index < -0.39 is 22.7 Å². The van der Waals surface area contributed by atoms with Gasteiger partial charge in [0.2, 0.25) is 5.91 Å². The average Bonchev–Trinajstić information content (AvgIpc) is 3.12. The zero-order valence-corrected chi connectivity index (χ0v) is 15.4. The second kappa shape index (κ2) is 6.26. The van der Waals surface area contributed by atoms with Crippen LogP contribution < -0.4 is 5.32 Å². The number of carboxylic acid groups (broad SMARTS) is 1. The molecule has 5 nitrogen and oxygen atoms in total. The molecule has 0 unspecified atom stereocenters. The van der Waals surface area contributed by atoms with Crippen molar-refractivity contribution < 1.29 is 14.7 Å². The van der Waals surface area contributed by atoms with Crippen molar-refractivity contribution in [3.8, 4) is 11.3 Å². The maximum absolute atomic E-state index is 12.9. The molecule has 2 aromatic rings. The molecule has 0 radical (unpaired) electrons. The third-order valence-electron chi connectivity index (χ3n) is 5.82. The Labute approximate surface area is 151 Å². The van der Waals surface area contributed by atoms with Gasteiger partial charge in [0.1, 0.15) is 0 Å². The quantitative estimate of drug-likeness (QED) is 0.855. The van der Waals surface area contributed by atoms with Crippen LogP contribution in [0.5, 0.6) is 0 Å². The number of hydrogen-bond acceptors (Lipinski definition) is 4. The number of benzene rings is 1. The molecule has 25 heavy (non-hydrogen) atoms. The lowest BCUT2D eigenvalue weighted by Crippen LogP contribution is -2.45. The molecule has 3 rings (SSSR count). The highest BCUT2D eigenvalue weighted by Gasteiger charge is 2.58. The van der Waals surface area contributed by atoms with E-state index in [1.807, 2.05) is 56.5 Å². The van der Waals surface area contributed by atoms with Gasteiger partial charge in [0.05, 0.1) is 17.0 Å². The van der Waals surface area contributed by atoms with Crippen molar-refractivity contribution in [3.05, 3.63) is 35.7 Å². The fourth-order valence-electron chi connectivity index (χ4n) is 3.65. The van der Waals surface area contributed by atoms with Crippen molar-refractivity contribution in [1.82, 2.24) is 4.98 Å². The largest absolute Gasteiger partial charge is 0.481 e. The van der Waals surface area contributed by atoms with Gasteiger partial charge in [-0.05, 0) is 18.3 Å². The fraction of sp³-hybridized carbons (Fsp3) is 0.421. The number of amides is 1. The van der Waals surface area contributed by atoms with E-state index in [1.54, 1.807) is 0 Å². The minimum absolute atomic E-state index is 0.157. The molecule has 1 heterocycles. The van der Waals surface area contributed by atoms with E-state index >= 15 is 0 Å². The Hall–Kier alpha value is -2.21. The summed E-state index contributed by atoms with van der Waals surface area (Å²) in [4.78, 5) is 28.9. The number of aliphatic carboxylic acids is 1. The van der Waals surface area contributed by atoms with Crippen LogP contribution in [0.2, 0.25) is 0 Å². The number of nitrogens with one attached hydrogen (secondary N) is 1. The SMILES string of the molecule is CC1(C)[C@H](C(=O)O)CC[C@@]1(C)C(=O)Nc1nc(-c2ccccc2)cs1. The Bertz CT molecular complexity index is 800. The molecule has 1 fully saturated rings. The third kappa shape index (κ3) is 2.95. The first-order chi connectivity index (χ1) is 11.8. The van der Waals surface area contributed by atoms with Crippen molar-refractivity contribution in [2.24, 2.45) is 16.7 Å². The van der Waals surface area contributed by atoms with E-state index in [1.165, 1.54) is 11.3 Å². The van der Waals surface area contributed by atoms with Gasteiger partial charge in [0.15, 0.2) is 5.13 Å². The summed E-state index contributed by atoms with van der Waals surface area (Å²) in [7, 11) is 0. The summed E-state index contributed by atoms with van der Waals surface area (Å²) in [6.07, 6.45) is 1.07. The van der Waals surface area contributed by atoms with Crippen molar-refractivity contribution in [3.63, 3.8) is 0 Å². The lowest BCUT2D eigenvalue weighted by atomic mass is 9.65. The maximum Gasteiger partial charge on any atom is 0.307 e. The number of rotatable bonds is 4. The Kier molecular flexibility index (Phi) is 4.41. The molecule has 0 aliphatic heterocycles.